The monoisotopic (exact) mass is 300 g/mol. The Labute approximate surface area is 117 Å². The number of hydrogen-bond acceptors (Lipinski definition) is 3. The van der Waals surface area contributed by atoms with E-state index in [1.807, 2.05) is 0 Å². The number of alkyl halides is 3. The van der Waals surface area contributed by atoms with Crippen LogP contribution in [0.25, 0.3) is 0 Å². The summed E-state index contributed by atoms with van der Waals surface area (Å²) in [4.78, 5) is 11.6. The highest BCUT2D eigenvalue weighted by Gasteiger charge is 2.31. The maximum atomic E-state index is 12.2. The molecule has 3 N–H and O–H groups in total. The van der Waals surface area contributed by atoms with E-state index in [1.54, 1.807) is 6.07 Å². The number of aromatic amines is 1. The first-order valence-electron chi connectivity index (χ1n) is 5.81. The van der Waals surface area contributed by atoms with E-state index < -0.39 is 12.4 Å². The Bertz CT molecular complexity index is 599. The number of halogens is 3. The summed E-state index contributed by atoms with van der Waals surface area (Å²) in [6.07, 6.45) is -1.93. The van der Waals surface area contributed by atoms with Gasteiger partial charge in [-0.05, 0) is 6.07 Å². The number of nitrogens with zero attached hydrogens (tertiary/aromatic N) is 1. The third-order valence-corrected chi connectivity index (χ3v) is 2.39. The zero-order chi connectivity index (χ0) is 15.3. The molecule has 2 rings (SSSR count). The zero-order valence-electron chi connectivity index (χ0n) is 10.6. The first-order valence-corrected chi connectivity index (χ1v) is 5.81. The fraction of sp³-hybridized carbons (Fsp3) is 0.167. The zero-order valence-corrected chi connectivity index (χ0v) is 10.6. The van der Waals surface area contributed by atoms with Crippen molar-refractivity contribution in [2.75, 3.05) is 5.32 Å². The van der Waals surface area contributed by atoms with E-state index in [2.05, 4.69) is 25.6 Å². The average Bonchev–Trinajstić information content (AvgIpc) is 2.89. The van der Waals surface area contributed by atoms with Crippen molar-refractivity contribution in [3.05, 3.63) is 42.2 Å². The molecule has 1 heterocycles. The first kappa shape index (κ1) is 14.7. The van der Waals surface area contributed by atoms with Gasteiger partial charge in [-0.3, -0.25) is 5.10 Å². The van der Waals surface area contributed by atoms with Crippen molar-refractivity contribution < 1.29 is 22.7 Å². The third kappa shape index (κ3) is 4.71. The molecule has 0 atom stereocenters. The molecule has 0 saturated carbocycles. The van der Waals surface area contributed by atoms with Gasteiger partial charge in [0.25, 0.3) is 0 Å². The predicted octanol–water partition coefficient (Wildman–Crippen LogP) is 2.63. The quantitative estimate of drug-likeness (QED) is 0.812. The van der Waals surface area contributed by atoms with Gasteiger partial charge in [0.05, 0.1) is 11.9 Å². The molecule has 0 fully saturated rings. The first-order chi connectivity index (χ1) is 9.94. The van der Waals surface area contributed by atoms with E-state index >= 15 is 0 Å². The predicted molar refractivity (Wildman–Crippen MR) is 67.6 cm³/mol. The van der Waals surface area contributed by atoms with Gasteiger partial charge in [-0.25, -0.2) is 4.79 Å². The van der Waals surface area contributed by atoms with Crippen LogP contribution in [0.15, 0.2) is 36.7 Å². The Balaban J connectivity index is 1.95. The summed E-state index contributed by atoms with van der Waals surface area (Å²) in [6, 6.07) is 5.00. The Morgan fingerprint density at radius 1 is 1.33 bits per heavy atom. The molecule has 0 unspecified atom stereocenters. The number of hydrogen-bond donors (Lipinski definition) is 3. The largest absolute Gasteiger partial charge is 0.573 e. The number of amides is 2. The van der Waals surface area contributed by atoms with Crippen molar-refractivity contribution in [3.63, 3.8) is 0 Å². The fourth-order valence-corrected chi connectivity index (χ4v) is 1.54. The highest BCUT2D eigenvalue weighted by atomic mass is 19.4. The van der Waals surface area contributed by atoms with Gasteiger partial charge in [-0.1, -0.05) is 18.2 Å². The second-order valence-electron chi connectivity index (χ2n) is 3.95. The maximum Gasteiger partial charge on any atom is 0.573 e. The van der Waals surface area contributed by atoms with Gasteiger partial charge in [0.15, 0.2) is 0 Å². The van der Waals surface area contributed by atoms with Gasteiger partial charge in [-0.15, -0.1) is 13.2 Å². The molecule has 2 aromatic rings. The summed E-state index contributed by atoms with van der Waals surface area (Å²) in [5, 5.41) is 11.0. The number of aromatic nitrogens is 2. The molecule has 21 heavy (non-hydrogen) atoms. The number of carbonyl (C=O) groups is 1. The van der Waals surface area contributed by atoms with Gasteiger partial charge in [0.2, 0.25) is 0 Å². The van der Waals surface area contributed by atoms with Crippen molar-refractivity contribution >= 4 is 11.7 Å². The number of carbonyl (C=O) groups excluding carboxylic acids is 1. The van der Waals surface area contributed by atoms with Gasteiger partial charge in [0, 0.05) is 18.3 Å². The molecule has 0 spiro atoms. The molecule has 0 saturated heterocycles. The van der Waals surface area contributed by atoms with Crippen LogP contribution >= 0.6 is 0 Å². The van der Waals surface area contributed by atoms with E-state index in [0.29, 0.717) is 5.69 Å². The molecule has 0 aliphatic carbocycles. The number of H-pyrrole nitrogens is 1. The Kier molecular flexibility index (Phi) is 4.31. The average molecular weight is 300 g/mol. The van der Waals surface area contributed by atoms with Crippen molar-refractivity contribution in [1.82, 2.24) is 15.5 Å². The number of nitrogens with one attached hydrogen (secondary N) is 3. The number of para-hydroxylation sites is 1. The summed E-state index contributed by atoms with van der Waals surface area (Å²) >= 11 is 0. The maximum absolute atomic E-state index is 12.2. The van der Waals surface area contributed by atoms with Crippen molar-refractivity contribution in [2.45, 2.75) is 12.9 Å². The highest BCUT2D eigenvalue weighted by Crippen LogP contribution is 2.26. The summed E-state index contributed by atoms with van der Waals surface area (Å²) in [7, 11) is 0. The minimum Gasteiger partial charge on any atom is -0.405 e. The van der Waals surface area contributed by atoms with Gasteiger partial charge in [-0.2, -0.15) is 5.10 Å². The van der Waals surface area contributed by atoms with E-state index in [4.69, 9.17) is 0 Å². The lowest BCUT2D eigenvalue weighted by atomic mass is 10.2. The fourth-order valence-electron chi connectivity index (χ4n) is 1.54. The molecule has 112 valence electrons. The summed E-state index contributed by atoms with van der Waals surface area (Å²) in [5.74, 6) is -0.353. The normalized spacial score (nSPS) is 11.0. The molecule has 0 aliphatic heterocycles. The molecule has 0 radical (unpaired) electrons. The van der Waals surface area contributed by atoms with Crippen LogP contribution in [0.5, 0.6) is 5.75 Å². The van der Waals surface area contributed by atoms with E-state index in [-0.39, 0.29) is 17.9 Å². The number of anilines is 1. The molecule has 0 aliphatic rings. The van der Waals surface area contributed by atoms with Gasteiger partial charge >= 0.3 is 12.4 Å². The second kappa shape index (κ2) is 6.16. The topological polar surface area (TPSA) is 79.0 Å². The number of rotatable bonds is 4. The van der Waals surface area contributed by atoms with Gasteiger partial charge < -0.3 is 15.4 Å². The molecular formula is C12H11F3N4O2. The lowest BCUT2D eigenvalue weighted by molar-refractivity contribution is -0.274. The van der Waals surface area contributed by atoms with Crippen LogP contribution in [0.3, 0.4) is 0 Å². The summed E-state index contributed by atoms with van der Waals surface area (Å²) < 4.78 is 40.6. The van der Waals surface area contributed by atoms with E-state index in [1.165, 1.54) is 30.6 Å². The van der Waals surface area contributed by atoms with Crippen LogP contribution in [0.4, 0.5) is 23.7 Å². The van der Waals surface area contributed by atoms with Crippen molar-refractivity contribution in [1.29, 1.82) is 0 Å². The second-order valence-corrected chi connectivity index (χ2v) is 3.95. The van der Waals surface area contributed by atoms with Crippen LogP contribution in [0, 0.1) is 0 Å². The summed E-state index contributed by atoms with van der Waals surface area (Å²) in [6.45, 7) is -0.115. The van der Waals surface area contributed by atoms with E-state index in [0.717, 1.165) is 0 Å². The smallest absolute Gasteiger partial charge is 0.405 e. The van der Waals surface area contributed by atoms with Crippen LogP contribution in [0.1, 0.15) is 5.56 Å². The molecule has 9 heteroatoms. The van der Waals surface area contributed by atoms with Crippen LogP contribution in [-0.4, -0.2) is 22.6 Å². The SMILES string of the molecule is O=C(NCc1ccccc1OC(F)(F)F)Nc1cn[nH]c1. The third-order valence-electron chi connectivity index (χ3n) is 2.39. The summed E-state index contributed by atoms with van der Waals surface area (Å²) in [5.41, 5.74) is 0.643. The molecular weight excluding hydrogens is 289 g/mol. The molecule has 6 nitrogen and oxygen atoms in total. The molecule has 0 bridgehead atoms. The van der Waals surface area contributed by atoms with E-state index in [9.17, 15) is 18.0 Å². The van der Waals surface area contributed by atoms with Crippen LogP contribution in [0.2, 0.25) is 0 Å². The van der Waals surface area contributed by atoms with Crippen molar-refractivity contribution in [3.8, 4) is 5.75 Å². The Hall–Kier alpha value is -2.71. The molecule has 2 amide bonds. The standard InChI is InChI=1S/C12H11F3N4O2/c13-12(14,15)21-10-4-2-1-3-8(10)5-16-11(20)19-9-6-17-18-7-9/h1-4,6-7H,5H2,(H,17,18)(H2,16,19,20). The van der Waals surface area contributed by atoms with Crippen LogP contribution in [-0.2, 0) is 6.54 Å². The van der Waals surface area contributed by atoms with Crippen molar-refractivity contribution in [2.24, 2.45) is 0 Å². The minimum absolute atomic E-state index is 0.115. The Morgan fingerprint density at radius 2 is 2.10 bits per heavy atom. The lowest BCUT2D eigenvalue weighted by Crippen LogP contribution is -2.28. The molecule has 1 aromatic carbocycles. The lowest BCUT2D eigenvalue weighted by Gasteiger charge is -2.13. The number of benzene rings is 1. The molecule has 1 aromatic heterocycles. The van der Waals surface area contributed by atoms with Crippen LogP contribution < -0.4 is 15.4 Å². The Morgan fingerprint density at radius 3 is 2.76 bits per heavy atom. The van der Waals surface area contributed by atoms with Gasteiger partial charge in [0.1, 0.15) is 5.75 Å². The minimum atomic E-state index is -4.78. The highest BCUT2D eigenvalue weighted by molar-refractivity contribution is 5.88. The number of ether oxygens (including phenoxy) is 1. The number of urea groups is 1.